The predicted molar refractivity (Wildman–Crippen MR) is 104 cm³/mol. The third kappa shape index (κ3) is 2.96. The largest absolute Gasteiger partial charge is 0.492 e. The second kappa shape index (κ2) is 6.56. The molecule has 0 saturated heterocycles. The van der Waals surface area contributed by atoms with Crippen molar-refractivity contribution in [3.05, 3.63) is 47.5 Å². The molecule has 0 aliphatic carbocycles. The fourth-order valence-electron chi connectivity index (χ4n) is 3.86. The summed E-state index contributed by atoms with van der Waals surface area (Å²) in [4.78, 5) is 14.5. The highest BCUT2D eigenvalue weighted by atomic mass is 32.2. The van der Waals surface area contributed by atoms with Crippen molar-refractivity contribution in [3.8, 4) is 5.75 Å². The standard InChI is InChI=1S/C20H22N2O4S/c1-3-26-18-9-5-4-8-17(18)21-27(24,25)15-11-14-7-6-10-22-19(14)16(12-15)13(2)20(22)23/h4-5,8-9,11-13,21H,3,6-7,10H2,1-2H3/t13-/m0/s1. The van der Waals surface area contributed by atoms with Gasteiger partial charge in [0.15, 0.2) is 0 Å². The molecular formula is C20H22N2O4S. The summed E-state index contributed by atoms with van der Waals surface area (Å²) in [7, 11) is -3.80. The first-order valence-electron chi connectivity index (χ1n) is 9.15. The van der Waals surface area contributed by atoms with Crippen LogP contribution in [-0.2, 0) is 21.2 Å². The van der Waals surface area contributed by atoms with Crippen molar-refractivity contribution in [3.63, 3.8) is 0 Å². The lowest BCUT2D eigenvalue weighted by molar-refractivity contribution is -0.119. The van der Waals surface area contributed by atoms with Gasteiger partial charge >= 0.3 is 0 Å². The highest BCUT2D eigenvalue weighted by molar-refractivity contribution is 7.92. The van der Waals surface area contributed by atoms with Gasteiger partial charge in [0.25, 0.3) is 10.0 Å². The van der Waals surface area contributed by atoms with Crippen LogP contribution < -0.4 is 14.4 Å². The van der Waals surface area contributed by atoms with Crippen molar-refractivity contribution in [2.45, 2.75) is 37.5 Å². The van der Waals surface area contributed by atoms with E-state index in [0.717, 1.165) is 29.7 Å². The molecule has 0 fully saturated rings. The molecule has 2 aliphatic rings. The van der Waals surface area contributed by atoms with E-state index in [9.17, 15) is 13.2 Å². The molecule has 1 N–H and O–H groups in total. The van der Waals surface area contributed by atoms with Crippen LogP contribution in [0.1, 0.15) is 37.3 Å². The molecule has 0 spiro atoms. The Morgan fingerprint density at radius 2 is 2.04 bits per heavy atom. The molecule has 142 valence electrons. The van der Waals surface area contributed by atoms with Gasteiger partial charge < -0.3 is 9.64 Å². The van der Waals surface area contributed by atoms with Gasteiger partial charge in [-0.15, -0.1) is 0 Å². The number of sulfonamides is 1. The van der Waals surface area contributed by atoms with Crippen LogP contribution in [0.3, 0.4) is 0 Å². The minimum atomic E-state index is -3.80. The molecule has 6 nitrogen and oxygen atoms in total. The summed E-state index contributed by atoms with van der Waals surface area (Å²) >= 11 is 0. The van der Waals surface area contributed by atoms with Crippen molar-refractivity contribution in [1.29, 1.82) is 0 Å². The van der Waals surface area contributed by atoms with Crippen LogP contribution in [0.5, 0.6) is 5.75 Å². The number of hydrogen-bond donors (Lipinski definition) is 1. The Bertz CT molecular complexity index is 1020. The fourth-order valence-corrected chi connectivity index (χ4v) is 5.01. The van der Waals surface area contributed by atoms with Gasteiger partial charge in [-0.05, 0) is 62.1 Å². The molecule has 1 atom stereocenters. The van der Waals surface area contributed by atoms with Crippen LogP contribution in [-0.4, -0.2) is 27.5 Å². The lowest BCUT2D eigenvalue weighted by atomic mass is 9.97. The normalized spacial score (nSPS) is 18.4. The molecule has 2 aliphatic heterocycles. The number of anilines is 2. The van der Waals surface area contributed by atoms with Gasteiger partial charge in [-0.3, -0.25) is 9.52 Å². The maximum Gasteiger partial charge on any atom is 0.262 e. The number of benzene rings is 2. The van der Waals surface area contributed by atoms with E-state index in [4.69, 9.17) is 4.74 Å². The van der Waals surface area contributed by atoms with E-state index in [1.807, 2.05) is 13.8 Å². The van der Waals surface area contributed by atoms with E-state index in [1.165, 1.54) is 0 Å². The summed E-state index contributed by atoms with van der Waals surface area (Å²) < 4.78 is 34.2. The molecule has 0 unspecified atom stereocenters. The number of carbonyl (C=O) groups excluding carboxylic acids is 1. The SMILES string of the molecule is CCOc1ccccc1NS(=O)(=O)c1cc2c3c(c1)[C@H](C)C(=O)N3CCC2. The van der Waals surface area contributed by atoms with Gasteiger partial charge in [0.05, 0.1) is 28.8 Å². The molecule has 4 rings (SSSR count). The number of aryl methyl sites for hydroxylation is 1. The lowest BCUT2D eigenvalue weighted by Crippen LogP contribution is -2.32. The number of hydrogen-bond acceptors (Lipinski definition) is 4. The predicted octanol–water partition coefficient (Wildman–Crippen LogP) is 3.28. The minimum absolute atomic E-state index is 0.0511. The van der Waals surface area contributed by atoms with E-state index in [0.29, 0.717) is 24.6 Å². The molecule has 27 heavy (non-hydrogen) atoms. The Balaban J connectivity index is 1.75. The van der Waals surface area contributed by atoms with E-state index in [2.05, 4.69) is 4.72 Å². The summed E-state index contributed by atoms with van der Waals surface area (Å²) in [5.41, 5.74) is 3.04. The Morgan fingerprint density at radius 3 is 2.81 bits per heavy atom. The molecule has 0 saturated carbocycles. The van der Waals surface area contributed by atoms with Crippen molar-refractivity contribution >= 4 is 27.3 Å². The van der Waals surface area contributed by atoms with Crippen molar-refractivity contribution in [2.75, 3.05) is 22.8 Å². The summed E-state index contributed by atoms with van der Waals surface area (Å²) in [6.45, 7) is 4.83. The summed E-state index contributed by atoms with van der Waals surface area (Å²) in [5.74, 6) is 0.221. The Hall–Kier alpha value is -2.54. The number of carbonyl (C=O) groups is 1. The zero-order valence-corrected chi connectivity index (χ0v) is 16.2. The van der Waals surface area contributed by atoms with Gasteiger partial charge in [-0.2, -0.15) is 0 Å². The molecule has 0 aromatic heterocycles. The maximum absolute atomic E-state index is 13.0. The molecule has 0 radical (unpaired) electrons. The monoisotopic (exact) mass is 386 g/mol. The molecule has 2 aromatic rings. The summed E-state index contributed by atoms with van der Waals surface area (Å²) in [6.07, 6.45) is 1.62. The van der Waals surface area contributed by atoms with Gasteiger partial charge in [0.2, 0.25) is 5.91 Å². The van der Waals surface area contributed by atoms with Crippen LogP contribution in [0, 0.1) is 0 Å². The Kier molecular flexibility index (Phi) is 4.34. The number of ether oxygens (including phenoxy) is 1. The van der Waals surface area contributed by atoms with Crippen LogP contribution in [0.2, 0.25) is 0 Å². The zero-order chi connectivity index (χ0) is 19.2. The number of nitrogens with zero attached hydrogens (tertiary/aromatic N) is 1. The van der Waals surface area contributed by atoms with E-state index >= 15 is 0 Å². The van der Waals surface area contributed by atoms with Gasteiger partial charge in [-0.25, -0.2) is 8.42 Å². The minimum Gasteiger partial charge on any atom is -0.492 e. The van der Waals surface area contributed by atoms with Crippen molar-refractivity contribution < 1.29 is 17.9 Å². The van der Waals surface area contributed by atoms with E-state index in [1.54, 1.807) is 41.3 Å². The Labute approximate surface area is 159 Å². The van der Waals surface area contributed by atoms with Crippen LogP contribution in [0.15, 0.2) is 41.3 Å². The molecule has 1 amide bonds. The quantitative estimate of drug-likeness (QED) is 0.856. The number of para-hydroxylation sites is 2. The second-order valence-corrected chi connectivity index (χ2v) is 8.55. The zero-order valence-electron chi connectivity index (χ0n) is 15.4. The summed E-state index contributed by atoms with van der Waals surface area (Å²) in [6, 6.07) is 10.3. The maximum atomic E-state index is 13.0. The Morgan fingerprint density at radius 1 is 1.26 bits per heavy atom. The molecule has 2 aromatic carbocycles. The molecule has 7 heteroatoms. The number of amides is 1. The second-order valence-electron chi connectivity index (χ2n) is 6.87. The first kappa shape index (κ1) is 17.9. The molecular weight excluding hydrogens is 364 g/mol. The average Bonchev–Trinajstić information content (AvgIpc) is 2.90. The average molecular weight is 386 g/mol. The first-order valence-corrected chi connectivity index (χ1v) is 10.6. The lowest BCUT2D eigenvalue weighted by Gasteiger charge is -2.26. The van der Waals surface area contributed by atoms with Gasteiger partial charge in [0.1, 0.15) is 5.75 Å². The molecule has 0 bridgehead atoms. The number of nitrogens with one attached hydrogen (secondary N) is 1. The van der Waals surface area contributed by atoms with E-state index < -0.39 is 10.0 Å². The highest BCUT2D eigenvalue weighted by Crippen LogP contribution is 2.44. The van der Waals surface area contributed by atoms with Crippen molar-refractivity contribution in [1.82, 2.24) is 0 Å². The third-order valence-electron chi connectivity index (χ3n) is 5.13. The van der Waals surface area contributed by atoms with Crippen molar-refractivity contribution in [2.24, 2.45) is 0 Å². The summed E-state index contributed by atoms with van der Waals surface area (Å²) in [5, 5.41) is 0. The van der Waals surface area contributed by atoms with Gasteiger partial charge in [0, 0.05) is 6.54 Å². The topological polar surface area (TPSA) is 75.7 Å². The fraction of sp³-hybridized carbons (Fsp3) is 0.350. The molecule has 2 heterocycles. The number of rotatable bonds is 5. The highest BCUT2D eigenvalue weighted by Gasteiger charge is 2.38. The van der Waals surface area contributed by atoms with Gasteiger partial charge in [-0.1, -0.05) is 12.1 Å². The van der Waals surface area contributed by atoms with Crippen LogP contribution in [0.25, 0.3) is 0 Å². The van der Waals surface area contributed by atoms with Crippen LogP contribution >= 0.6 is 0 Å². The third-order valence-corrected chi connectivity index (χ3v) is 6.48. The smallest absolute Gasteiger partial charge is 0.262 e. The van der Waals surface area contributed by atoms with E-state index in [-0.39, 0.29) is 16.7 Å². The van der Waals surface area contributed by atoms with Crippen LogP contribution in [0.4, 0.5) is 11.4 Å². The first-order chi connectivity index (χ1) is 12.9.